The van der Waals surface area contributed by atoms with Gasteiger partial charge in [0, 0.05) is 18.8 Å². The van der Waals surface area contributed by atoms with E-state index in [-0.39, 0.29) is 22.5 Å². The van der Waals surface area contributed by atoms with Crippen molar-refractivity contribution < 1.29 is 14.3 Å². The van der Waals surface area contributed by atoms with Crippen LogP contribution in [0.2, 0.25) is 0 Å². The predicted molar refractivity (Wildman–Crippen MR) is 93.7 cm³/mol. The van der Waals surface area contributed by atoms with Crippen LogP contribution >= 0.6 is 0 Å². The van der Waals surface area contributed by atoms with Gasteiger partial charge < -0.3 is 15.0 Å². The Morgan fingerprint density at radius 3 is 2.46 bits per heavy atom. The van der Waals surface area contributed by atoms with Gasteiger partial charge in [-0.3, -0.25) is 4.79 Å². The van der Waals surface area contributed by atoms with Crippen LogP contribution in [0.5, 0.6) is 0 Å². The Balaban J connectivity index is 0.00000139. The van der Waals surface area contributed by atoms with Crippen molar-refractivity contribution in [3.63, 3.8) is 0 Å². The molecule has 0 atom stereocenters. The second-order valence-electron chi connectivity index (χ2n) is 5.05. The molecule has 24 heavy (non-hydrogen) atoms. The molecule has 1 heterocycles. The third-order valence-corrected chi connectivity index (χ3v) is 3.21. The smallest absolute Gasteiger partial charge is 0.339 e. The molecule has 0 amide bonds. The maximum atomic E-state index is 13.9. The third kappa shape index (κ3) is 4.68. The molecule has 0 aliphatic rings. The van der Waals surface area contributed by atoms with Gasteiger partial charge in [0.15, 0.2) is 0 Å². The lowest BCUT2D eigenvalue weighted by molar-refractivity contribution is 0.0697. The molecule has 0 radical (unpaired) electrons. The van der Waals surface area contributed by atoms with Crippen molar-refractivity contribution in [2.75, 3.05) is 5.32 Å². The van der Waals surface area contributed by atoms with Gasteiger partial charge >= 0.3 is 5.97 Å². The number of aryl methyl sites for hydroxylation is 2. The summed E-state index contributed by atoms with van der Waals surface area (Å²) in [5.74, 6) is -1.69. The van der Waals surface area contributed by atoms with Crippen LogP contribution < -0.4 is 10.9 Å². The third-order valence-electron chi connectivity index (χ3n) is 3.21. The number of benzene rings is 1. The first kappa shape index (κ1) is 19.4. The second-order valence-corrected chi connectivity index (χ2v) is 5.05. The summed E-state index contributed by atoms with van der Waals surface area (Å²) in [4.78, 5) is 23.3. The van der Waals surface area contributed by atoms with Crippen molar-refractivity contribution >= 4 is 17.3 Å². The fourth-order valence-electron chi connectivity index (χ4n) is 2.13. The Morgan fingerprint density at radius 2 is 1.92 bits per heavy atom. The van der Waals surface area contributed by atoms with Crippen molar-refractivity contribution in [3.05, 3.63) is 57.8 Å². The van der Waals surface area contributed by atoms with E-state index in [1.807, 2.05) is 20.8 Å². The van der Waals surface area contributed by atoms with E-state index >= 15 is 0 Å². The molecular weight excluding hydrogens is 311 g/mol. The molecule has 1 aromatic carbocycles. The maximum absolute atomic E-state index is 13.9. The van der Waals surface area contributed by atoms with Gasteiger partial charge in [-0.15, -0.1) is 0 Å². The van der Waals surface area contributed by atoms with Gasteiger partial charge in [0.25, 0.3) is 5.56 Å². The average molecular weight is 334 g/mol. The van der Waals surface area contributed by atoms with Gasteiger partial charge in [0.1, 0.15) is 5.82 Å². The summed E-state index contributed by atoms with van der Waals surface area (Å²) in [5, 5.41) is 12.0. The molecule has 0 fully saturated rings. The number of aromatic nitrogens is 1. The molecule has 0 saturated carbocycles. The molecule has 0 aliphatic heterocycles. The zero-order valence-corrected chi connectivity index (χ0v) is 14.4. The van der Waals surface area contributed by atoms with E-state index in [0.29, 0.717) is 13.0 Å². The number of hydrogen-bond acceptors (Lipinski definition) is 3. The minimum Gasteiger partial charge on any atom is -0.478 e. The van der Waals surface area contributed by atoms with Gasteiger partial charge in [0.2, 0.25) is 0 Å². The Bertz CT molecular complexity index is 769. The highest BCUT2D eigenvalue weighted by Crippen LogP contribution is 2.23. The van der Waals surface area contributed by atoms with Crippen molar-refractivity contribution in [2.45, 2.75) is 40.7 Å². The molecule has 0 unspecified atom stereocenters. The largest absolute Gasteiger partial charge is 0.478 e. The number of carboxylic acid groups (broad SMARTS) is 1. The van der Waals surface area contributed by atoms with Gasteiger partial charge in [-0.1, -0.05) is 26.8 Å². The molecule has 6 heteroatoms. The summed E-state index contributed by atoms with van der Waals surface area (Å²) in [6, 6.07) is 5.72. The van der Waals surface area contributed by atoms with Crippen molar-refractivity contribution in [1.29, 1.82) is 0 Å². The van der Waals surface area contributed by atoms with Crippen molar-refractivity contribution in [1.82, 2.24) is 4.57 Å². The number of hydrogen-bond donors (Lipinski definition) is 2. The normalized spacial score (nSPS) is 9.88. The molecule has 2 aromatic rings. The molecule has 2 N–H and O–H groups in total. The minimum atomic E-state index is -1.18. The quantitative estimate of drug-likeness (QED) is 0.861. The highest BCUT2D eigenvalue weighted by atomic mass is 19.1. The lowest BCUT2D eigenvalue weighted by Crippen LogP contribution is -2.22. The van der Waals surface area contributed by atoms with E-state index in [0.717, 1.165) is 5.56 Å². The van der Waals surface area contributed by atoms with E-state index in [2.05, 4.69) is 5.32 Å². The van der Waals surface area contributed by atoms with E-state index in [1.54, 1.807) is 13.0 Å². The standard InChI is InChI=1S/C16H17FN2O3.C2H6/c1-3-6-19-9-11(16(21)22)14(8-15(19)20)18-13-5-4-10(2)7-12(13)17;1-2/h4-5,7-9,18H,3,6H2,1-2H3,(H,21,22);1-2H3. The summed E-state index contributed by atoms with van der Waals surface area (Å²) in [5.41, 5.74) is 0.545. The molecule has 0 saturated heterocycles. The molecule has 130 valence electrons. The Morgan fingerprint density at radius 1 is 1.25 bits per heavy atom. The molecule has 0 aliphatic carbocycles. The number of pyridine rings is 1. The topological polar surface area (TPSA) is 71.3 Å². The van der Waals surface area contributed by atoms with Crippen LogP contribution in [0.1, 0.15) is 43.1 Å². The number of carboxylic acids is 1. The van der Waals surface area contributed by atoms with Crippen LogP contribution in [0, 0.1) is 12.7 Å². The number of nitrogens with zero attached hydrogens (tertiary/aromatic N) is 1. The van der Waals surface area contributed by atoms with E-state index in [4.69, 9.17) is 0 Å². The molecule has 5 nitrogen and oxygen atoms in total. The number of nitrogens with one attached hydrogen (secondary N) is 1. The summed E-state index contributed by atoms with van der Waals surface area (Å²) in [6.45, 7) is 8.07. The Hall–Kier alpha value is -2.63. The monoisotopic (exact) mass is 334 g/mol. The highest BCUT2D eigenvalue weighted by Gasteiger charge is 2.14. The number of rotatable bonds is 5. The first-order valence-electron chi connectivity index (χ1n) is 7.93. The number of anilines is 2. The molecule has 1 aromatic heterocycles. The highest BCUT2D eigenvalue weighted by molar-refractivity contribution is 5.94. The van der Waals surface area contributed by atoms with Gasteiger partial charge in [-0.05, 0) is 31.0 Å². The minimum absolute atomic E-state index is 0.0759. The SMILES string of the molecule is CC.CCCn1cc(C(=O)O)c(Nc2ccc(C)cc2F)cc1=O. The lowest BCUT2D eigenvalue weighted by Gasteiger charge is -2.13. The van der Waals surface area contributed by atoms with Crippen LogP contribution in [-0.2, 0) is 6.54 Å². The summed E-state index contributed by atoms with van der Waals surface area (Å²) in [6.07, 6.45) is 1.99. The zero-order chi connectivity index (χ0) is 18.3. The van der Waals surface area contributed by atoms with Crippen molar-refractivity contribution in [3.8, 4) is 0 Å². The van der Waals surface area contributed by atoms with Crippen LogP contribution in [0.4, 0.5) is 15.8 Å². The van der Waals surface area contributed by atoms with Crippen LogP contribution in [0.15, 0.2) is 35.3 Å². The lowest BCUT2D eigenvalue weighted by atomic mass is 10.2. The first-order valence-corrected chi connectivity index (χ1v) is 7.93. The average Bonchev–Trinajstić information content (AvgIpc) is 2.54. The molecule has 0 spiro atoms. The summed E-state index contributed by atoms with van der Waals surface area (Å²) < 4.78 is 15.2. The Labute approximate surface area is 140 Å². The van der Waals surface area contributed by atoms with Crippen LogP contribution in [0.25, 0.3) is 0 Å². The predicted octanol–water partition coefficient (Wildman–Crippen LogP) is 4.17. The van der Waals surface area contributed by atoms with Gasteiger partial charge in [-0.25, -0.2) is 9.18 Å². The fraction of sp³-hybridized carbons (Fsp3) is 0.333. The molecule has 2 rings (SSSR count). The second kappa shape index (κ2) is 8.86. The zero-order valence-electron chi connectivity index (χ0n) is 14.4. The fourth-order valence-corrected chi connectivity index (χ4v) is 2.13. The summed E-state index contributed by atoms with van der Waals surface area (Å²) in [7, 11) is 0. The van der Waals surface area contributed by atoms with E-state index in [1.165, 1.54) is 29.0 Å². The van der Waals surface area contributed by atoms with Crippen LogP contribution in [0.3, 0.4) is 0 Å². The van der Waals surface area contributed by atoms with E-state index in [9.17, 15) is 19.1 Å². The number of halogens is 1. The summed E-state index contributed by atoms with van der Waals surface area (Å²) >= 11 is 0. The van der Waals surface area contributed by atoms with Gasteiger partial charge in [0.05, 0.1) is 16.9 Å². The molecular formula is C18H23FN2O3. The van der Waals surface area contributed by atoms with Crippen molar-refractivity contribution in [2.24, 2.45) is 0 Å². The molecule has 0 bridgehead atoms. The maximum Gasteiger partial charge on any atom is 0.339 e. The van der Waals surface area contributed by atoms with Gasteiger partial charge in [-0.2, -0.15) is 0 Å². The first-order chi connectivity index (χ1) is 11.4. The number of carbonyl (C=O) groups is 1. The Kier molecular flexibility index (Phi) is 7.17. The van der Waals surface area contributed by atoms with E-state index < -0.39 is 11.8 Å². The number of aromatic carboxylic acids is 1. The van der Waals surface area contributed by atoms with Crippen LogP contribution in [-0.4, -0.2) is 15.6 Å².